The molecule has 1 saturated heterocycles. The maximum Gasteiger partial charge on any atom is 0.322 e. The van der Waals surface area contributed by atoms with E-state index >= 15 is 0 Å². The van der Waals surface area contributed by atoms with Crippen molar-refractivity contribution in [3.63, 3.8) is 0 Å². The highest BCUT2D eigenvalue weighted by Gasteiger charge is 2.22. The molecule has 8 nitrogen and oxygen atoms in total. The van der Waals surface area contributed by atoms with Crippen molar-refractivity contribution >= 4 is 35.1 Å². The molecule has 1 aromatic heterocycles. The number of piperazine rings is 1. The molecule has 0 atom stereocenters. The van der Waals surface area contributed by atoms with Crippen molar-refractivity contribution in [2.24, 2.45) is 0 Å². The number of anilines is 3. The largest absolute Gasteiger partial charge is 0.368 e. The third kappa shape index (κ3) is 4.93. The van der Waals surface area contributed by atoms with Crippen molar-refractivity contribution in [2.45, 2.75) is 13.0 Å². The number of nitrogens with one attached hydrogen (secondary N) is 1. The summed E-state index contributed by atoms with van der Waals surface area (Å²) in [6.45, 7) is 5.01. The minimum Gasteiger partial charge on any atom is -0.368 e. The van der Waals surface area contributed by atoms with Gasteiger partial charge in [0.25, 0.3) is 0 Å². The number of rotatable bonds is 3. The van der Waals surface area contributed by atoms with E-state index in [1.54, 1.807) is 24.3 Å². The van der Waals surface area contributed by atoms with E-state index in [0.29, 0.717) is 18.1 Å². The summed E-state index contributed by atoms with van der Waals surface area (Å²) in [5, 5.41) is 3.59. The number of carbonyl (C=O) groups is 1. The van der Waals surface area contributed by atoms with Crippen molar-refractivity contribution in [1.82, 2.24) is 19.8 Å². The second-order valence-corrected chi connectivity index (χ2v) is 9.29. The topological polar surface area (TPSA) is 90.6 Å². The van der Waals surface area contributed by atoms with Gasteiger partial charge in [0.2, 0.25) is 5.95 Å². The predicted octanol–water partition coefficient (Wildman–Crippen LogP) is 3.72. The predicted molar refractivity (Wildman–Crippen MR) is 136 cm³/mol. The standard InChI is InChI=1S/C25H28ClN7O/c1-31-10-12-32(13-11-31)23-15-22(29-24(27)30-23)18-3-2-17-8-9-33(16-19(17)14-18)25(34)28-21-6-4-20(26)5-7-21/h2-7,14-15H,8-13,16H2,1H3,(H,28,34)(H2,27,29,30). The van der Waals surface area contributed by atoms with Crippen LogP contribution in [0.15, 0.2) is 48.5 Å². The summed E-state index contributed by atoms with van der Waals surface area (Å²) in [4.78, 5) is 28.2. The lowest BCUT2D eigenvalue weighted by Gasteiger charge is -2.33. The Morgan fingerprint density at radius 2 is 1.74 bits per heavy atom. The van der Waals surface area contributed by atoms with Crippen molar-refractivity contribution in [3.05, 3.63) is 64.7 Å². The zero-order chi connectivity index (χ0) is 23.7. The Hall–Kier alpha value is -3.36. The fourth-order valence-corrected chi connectivity index (χ4v) is 4.55. The van der Waals surface area contributed by atoms with Gasteiger partial charge < -0.3 is 25.8 Å². The lowest BCUT2D eigenvalue weighted by molar-refractivity contribution is 0.206. The first-order chi connectivity index (χ1) is 16.4. The van der Waals surface area contributed by atoms with Crippen LogP contribution in [0.4, 0.5) is 22.2 Å². The number of nitrogens with zero attached hydrogens (tertiary/aromatic N) is 5. The van der Waals surface area contributed by atoms with Gasteiger partial charge in [-0.1, -0.05) is 23.7 Å². The highest BCUT2D eigenvalue weighted by atomic mass is 35.5. The summed E-state index contributed by atoms with van der Waals surface area (Å²) >= 11 is 5.94. The fraction of sp³-hybridized carbons (Fsp3) is 0.320. The lowest BCUT2D eigenvalue weighted by Crippen LogP contribution is -2.44. The molecule has 3 N–H and O–H groups in total. The zero-order valence-electron chi connectivity index (χ0n) is 19.2. The summed E-state index contributed by atoms with van der Waals surface area (Å²) in [5.41, 5.74) is 11.0. The van der Waals surface area contributed by atoms with Gasteiger partial charge in [-0.2, -0.15) is 4.98 Å². The van der Waals surface area contributed by atoms with E-state index in [1.807, 2.05) is 11.0 Å². The van der Waals surface area contributed by atoms with Crippen LogP contribution < -0.4 is 16.0 Å². The second kappa shape index (κ2) is 9.48. The molecule has 0 aliphatic carbocycles. The lowest BCUT2D eigenvalue weighted by atomic mass is 9.96. The molecule has 3 heterocycles. The highest BCUT2D eigenvalue weighted by Crippen LogP contribution is 2.28. The number of nitrogens with two attached hydrogens (primary N) is 1. The smallest absolute Gasteiger partial charge is 0.322 e. The first-order valence-corrected chi connectivity index (χ1v) is 11.8. The first-order valence-electron chi connectivity index (χ1n) is 11.5. The van der Waals surface area contributed by atoms with E-state index in [0.717, 1.165) is 60.9 Å². The van der Waals surface area contributed by atoms with Crippen LogP contribution in [0.1, 0.15) is 11.1 Å². The number of hydrogen-bond donors (Lipinski definition) is 2. The number of likely N-dealkylation sites (N-methyl/N-ethyl adjacent to an activating group) is 1. The van der Waals surface area contributed by atoms with Crippen LogP contribution in [-0.4, -0.2) is 65.6 Å². The molecule has 5 rings (SSSR count). The van der Waals surface area contributed by atoms with Crippen LogP contribution in [-0.2, 0) is 13.0 Å². The quantitative estimate of drug-likeness (QED) is 0.597. The van der Waals surface area contributed by atoms with Gasteiger partial charge in [0, 0.05) is 61.6 Å². The third-order valence-corrected chi connectivity index (χ3v) is 6.71. The fourth-order valence-electron chi connectivity index (χ4n) is 4.42. The number of fused-ring (bicyclic) bond motifs is 1. The minimum atomic E-state index is -0.123. The highest BCUT2D eigenvalue weighted by molar-refractivity contribution is 6.30. The van der Waals surface area contributed by atoms with E-state index in [-0.39, 0.29) is 12.0 Å². The molecular weight excluding hydrogens is 450 g/mol. The molecule has 176 valence electrons. The number of hydrogen-bond acceptors (Lipinski definition) is 6. The Labute approximate surface area is 204 Å². The molecule has 0 bridgehead atoms. The van der Waals surface area contributed by atoms with E-state index in [9.17, 15) is 4.79 Å². The normalized spacial score (nSPS) is 16.3. The van der Waals surface area contributed by atoms with Gasteiger partial charge in [0.1, 0.15) is 5.82 Å². The maximum atomic E-state index is 12.8. The Balaban J connectivity index is 1.34. The molecule has 0 unspecified atom stereocenters. The third-order valence-electron chi connectivity index (χ3n) is 6.45. The van der Waals surface area contributed by atoms with Crippen LogP contribution in [0.5, 0.6) is 0 Å². The molecular formula is C25H28ClN7O. The molecule has 0 radical (unpaired) electrons. The Morgan fingerprint density at radius 1 is 0.971 bits per heavy atom. The van der Waals surface area contributed by atoms with Gasteiger partial charge in [-0.15, -0.1) is 0 Å². The average molecular weight is 478 g/mol. The van der Waals surface area contributed by atoms with Gasteiger partial charge in [-0.25, -0.2) is 9.78 Å². The molecule has 2 aromatic carbocycles. The van der Waals surface area contributed by atoms with Crippen molar-refractivity contribution in [2.75, 3.05) is 55.7 Å². The molecule has 34 heavy (non-hydrogen) atoms. The zero-order valence-corrected chi connectivity index (χ0v) is 19.9. The number of carbonyl (C=O) groups excluding carboxylic acids is 1. The molecule has 2 aliphatic rings. The van der Waals surface area contributed by atoms with Gasteiger partial charge in [-0.3, -0.25) is 0 Å². The summed E-state index contributed by atoms with van der Waals surface area (Å²) in [5.74, 6) is 1.13. The van der Waals surface area contributed by atoms with Gasteiger partial charge in [0.05, 0.1) is 5.69 Å². The van der Waals surface area contributed by atoms with Crippen LogP contribution in [0, 0.1) is 0 Å². The second-order valence-electron chi connectivity index (χ2n) is 8.85. The summed E-state index contributed by atoms with van der Waals surface area (Å²) in [6, 6.07) is 15.3. The summed E-state index contributed by atoms with van der Waals surface area (Å²) in [7, 11) is 2.13. The number of nitrogen functional groups attached to an aromatic ring is 1. The number of urea groups is 1. The maximum absolute atomic E-state index is 12.8. The Bertz CT molecular complexity index is 1190. The summed E-state index contributed by atoms with van der Waals surface area (Å²) < 4.78 is 0. The number of halogens is 1. The van der Waals surface area contributed by atoms with Crippen molar-refractivity contribution < 1.29 is 4.79 Å². The molecule has 3 aromatic rings. The van der Waals surface area contributed by atoms with Crippen LogP contribution in [0.2, 0.25) is 5.02 Å². The number of aromatic nitrogens is 2. The Morgan fingerprint density at radius 3 is 2.50 bits per heavy atom. The van der Waals surface area contributed by atoms with E-state index in [4.69, 9.17) is 17.3 Å². The molecule has 0 spiro atoms. The summed E-state index contributed by atoms with van der Waals surface area (Å²) in [6.07, 6.45) is 0.808. The minimum absolute atomic E-state index is 0.123. The van der Waals surface area contributed by atoms with Crippen LogP contribution in [0.25, 0.3) is 11.3 Å². The first kappa shape index (κ1) is 22.4. The van der Waals surface area contributed by atoms with Gasteiger partial charge in [0.15, 0.2) is 0 Å². The van der Waals surface area contributed by atoms with Gasteiger partial charge in [-0.05, 0) is 54.9 Å². The number of amides is 2. The molecule has 0 saturated carbocycles. The number of benzene rings is 2. The molecule has 2 amide bonds. The SMILES string of the molecule is CN1CCN(c2cc(-c3ccc4c(c3)CN(C(=O)Nc3ccc(Cl)cc3)CC4)nc(N)n2)CC1. The molecule has 1 fully saturated rings. The Kier molecular flexibility index (Phi) is 6.26. The van der Waals surface area contributed by atoms with E-state index in [2.05, 4.69) is 50.3 Å². The average Bonchev–Trinajstić information content (AvgIpc) is 2.85. The van der Waals surface area contributed by atoms with Gasteiger partial charge >= 0.3 is 6.03 Å². The van der Waals surface area contributed by atoms with Crippen LogP contribution >= 0.6 is 11.6 Å². The van der Waals surface area contributed by atoms with E-state index in [1.165, 1.54) is 5.56 Å². The molecule has 2 aliphatic heterocycles. The van der Waals surface area contributed by atoms with Crippen LogP contribution in [0.3, 0.4) is 0 Å². The van der Waals surface area contributed by atoms with Crippen molar-refractivity contribution in [1.29, 1.82) is 0 Å². The van der Waals surface area contributed by atoms with Crippen molar-refractivity contribution in [3.8, 4) is 11.3 Å². The van der Waals surface area contributed by atoms with E-state index < -0.39 is 0 Å². The monoisotopic (exact) mass is 477 g/mol. The molecule has 9 heteroatoms.